The highest BCUT2D eigenvalue weighted by Crippen LogP contribution is 2.21. The molecule has 19 heavy (non-hydrogen) atoms. The summed E-state index contributed by atoms with van der Waals surface area (Å²) in [7, 11) is 0. The van der Waals surface area contributed by atoms with Crippen molar-refractivity contribution in [1.29, 1.82) is 0 Å². The number of benzene rings is 1. The van der Waals surface area contributed by atoms with E-state index in [-0.39, 0.29) is 5.54 Å². The molecule has 0 amide bonds. The van der Waals surface area contributed by atoms with Crippen LogP contribution in [0.15, 0.2) is 18.2 Å². The first-order valence-corrected chi connectivity index (χ1v) is 6.84. The fourth-order valence-electron chi connectivity index (χ4n) is 2.67. The predicted octanol–water partition coefficient (Wildman–Crippen LogP) is 2.93. The van der Waals surface area contributed by atoms with Gasteiger partial charge in [0.15, 0.2) is 0 Å². The lowest BCUT2D eigenvalue weighted by Crippen LogP contribution is -2.61. The van der Waals surface area contributed by atoms with Gasteiger partial charge in [-0.25, -0.2) is 8.78 Å². The molecule has 1 unspecified atom stereocenters. The Balaban J connectivity index is 2.14. The topological polar surface area (TPSA) is 15.3 Å². The molecule has 106 valence electrons. The molecule has 1 aromatic rings. The van der Waals surface area contributed by atoms with Gasteiger partial charge in [-0.05, 0) is 26.3 Å². The zero-order valence-corrected chi connectivity index (χ0v) is 11.8. The van der Waals surface area contributed by atoms with Crippen LogP contribution in [0.3, 0.4) is 0 Å². The summed E-state index contributed by atoms with van der Waals surface area (Å²) in [6.45, 7) is 8.74. The van der Waals surface area contributed by atoms with E-state index in [1.807, 2.05) is 0 Å². The Kier molecular flexibility index (Phi) is 4.21. The molecule has 0 bridgehead atoms. The van der Waals surface area contributed by atoms with Gasteiger partial charge in [-0.1, -0.05) is 13.0 Å². The SMILES string of the molecule is CCC1CNC(C)(C)CN1Cc1ccc(F)cc1F. The molecular weight excluding hydrogens is 246 g/mol. The van der Waals surface area contributed by atoms with E-state index in [0.29, 0.717) is 18.2 Å². The Morgan fingerprint density at radius 1 is 1.37 bits per heavy atom. The molecule has 1 fully saturated rings. The summed E-state index contributed by atoms with van der Waals surface area (Å²) in [6, 6.07) is 4.24. The zero-order valence-electron chi connectivity index (χ0n) is 11.8. The number of halogens is 2. The monoisotopic (exact) mass is 268 g/mol. The van der Waals surface area contributed by atoms with Crippen LogP contribution in [0.5, 0.6) is 0 Å². The van der Waals surface area contributed by atoms with Crippen LogP contribution in [0.4, 0.5) is 8.78 Å². The van der Waals surface area contributed by atoms with Gasteiger partial charge in [0, 0.05) is 42.8 Å². The first kappa shape index (κ1) is 14.4. The van der Waals surface area contributed by atoms with Crippen LogP contribution in [0.1, 0.15) is 32.8 Å². The molecule has 0 aliphatic carbocycles. The molecule has 2 nitrogen and oxygen atoms in total. The lowest BCUT2D eigenvalue weighted by molar-refractivity contribution is 0.0847. The molecule has 1 heterocycles. The van der Waals surface area contributed by atoms with Crippen molar-refractivity contribution in [2.24, 2.45) is 0 Å². The maximum Gasteiger partial charge on any atom is 0.130 e. The smallest absolute Gasteiger partial charge is 0.130 e. The number of piperazine rings is 1. The standard InChI is InChI=1S/C15H22F2N2/c1-4-13-8-18-15(2,3)10-19(13)9-11-5-6-12(16)7-14(11)17/h5-7,13,18H,4,8-10H2,1-3H3. The first-order valence-electron chi connectivity index (χ1n) is 6.84. The van der Waals surface area contributed by atoms with Crippen LogP contribution >= 0.6 is 0 Å². The molecule has 0 saturated carbocycles. The average Bonchev–Trinajstić information content (AvgIpc) is 2.32. The molecule has 0 aromatic heterocycles. The Morgan fingerprint density at radius 3 is 2.74 bits per heavy atom. The van der Waals surface area contributed by atoms with Crippen LogP contribution in [-0.2, 0) is 6.54 Å². The summed E-state index contributed by atoms with van der Waals surface area (Å²) in [5.74, 6) is -0.972. The average molecular weight is 268 g/mol. The fraction of sp³-hybridized carbons (Fsp3) is 0.600. The van der Waals surface area contributed by atoms with Crippen molar-refractivity contribution in [3.8, 4) is 0 Å². The molecule has 1 aliphatic rings. The molecule has 0 spiro atoms. The fourth-order valence-corrected chi connectivity index (χ4v) is 2.67. The quantitative estimate of drug-likeness (QED) is 0.906. The third-order valence-corrected chi connectivity index (χ3v) is 3.79. The Hall–Kier alpha value is -1.00. The minimum atomic E-state index is -0.520. The van der Waals surface area contributed by atoms with Gasteiger partial charge in [0.2, 0.25) is 0 Å². The third kappa shape index (κ3) is 3.51. The largest absolute Gasteiger partial charge is 0.309 e. The van der Waals surface area contributed by atoms with Gasteiger partial charge >= 0.3 is 0 Å². The van der Waals surface area contributed by atoms with E-state index in [9.17, 15) is 8.78 Å². The normalized spacial score (nSPS) is 23.5. The Bertz CT molecular complexity index is 446. The second-order valence-corrected chi connectivity index (χ2v) is 5.97. The maximum absolute atomic E-state index is 13.7. The van der Waals surface area contributed by atoms with E-state index in [1.165, 1.54) is 6.07 Å². The summed E-state index contributed by atoms with van der Waals surface area (Å²) in [5.41, 5.74) is 0.597. The van der Waals surface area contributed by atoms with Crippen molar-refractivity contribution >= 4 is 0 Å². The van der Waals surface area contributed by atoms with Crippen molar-refractivity contribution in [2.75, 3.05) is 13.1 Å². The van der Waals surface area contributed by atoms with Gasteiger partial charge in [0.25, 0.3) is 0 Å². The van der Waals surface area contributed by atoms with E-state index in [4.69, 9.17) is 0 Å². The predicted molar refractivity (Wildman–Crippen MR) is 72.9 cm³/mol. The second-order valence-electron chi connectivity index (χ2n) is 5.97. The third-order valence-electron chi connectivity index (χ3n) is 3.79. The van der Waals surface area contributed by atoms with Crippen LogP contribution in [0, 0.1) is 11.6 Å². The molecule has 1 aromatic carbocycles. The maximum atomic E-state index is 13.7. The van der Waals surface area contributed by atoms with E-state index in [2.05, 4.69) is 31.0 Å². The number of hydrogen-bond donors (Lipinski definition) is 1. The van der Waals surface area contributed by atoms with E-state index < -0.39 is 11.6 Å². The zero-order chi connectivity index (χ0) is 14.0. The van der Waals surface area contributed by atoms with E-state index >= 15 is 0 Å². The summed E-state index contributed by atoms with van der Waals surface area (Å²) in [4.78, 5) is 2.28. The molecule has 1 aliphatic heterocycles. The van der Waals surface area contributed by atoms with Gasteiger partial charge < -0.3 is 5.32 Å². The number of nitrogens with zero attached hydrogens (tertiary/aromatic N) is 1. The first-order chi connectivity index (χ1) is 8.91. The van der Waals surface area contributed by atoms with E-state index in [0.717, 1.165) is 25.6 Å². The van der Waals surface area contributed by atoms with Gasteiger partial charge in [-0.15, -0.1) is 0 Å². The number of rotatable bonds is 3. The molecule has 4 heteroatoms. The minimum absolute atomic E-state index is 0.0299. The van der Waals surface area contributed by atoms with Crippen molar-refractivity contribution in [2.45, 2.75) is 45.3 Å². The lowest BCUT2D eigenvalue weighted by atomic mass is 9.97. The highest BCUT2D eigenvalue weighted by Gasteiger charge is 2.31. The van der Waals surface area contributed by atoms with Crippen molar-refractivity contribution in [3.05, 3.63) is 35.4 Å². The Labute approximate surface area is 113 Å². The van der Waals surface area contributed by atoms with E-state index in [1.54, 1.807) is 6.07 Å². The van der Waals surface area contributed by atoms with Crippen molar-refractivity contribution in [3.63, 3.8) is 0 Å². The number of hydrogen-bond acceptors (Lipinski definition) is 2. The van der Waals surface area contributed by atoms with Gasteiger partial charge in [0.1, 0.15) is 11.6 Å². The van der Waals surface area contributed by atoms with Crippen LogP contribution in [-0.4, -0.2) is 29.6 Å². The van der Waals surface area contributed by atoms with Crippen molar-refractivity contribution < 1.29 is 8.78 Å². The highest BCUT2D eigenvalue weighted by molar-refractivity contribution is 5.19. The lowest BCUT2D eigenvalue weighted by Gasteiger charge is -2.44. The molecule has 1 atom stereocenters. The molecule has 2 rings (SSSR count). The van der Waals surface area contributed by atoms with Crippen LogP contribution in [0.2, 0.25) is 0 Å². The number of nitrogens with one attached hydrogen (secondary N) is 1. The minimum Gasteiger partial charge on any atom is -0.309 e. The molecule has 0 radical (unpaired) electrons. The van der Waals surface area contributed by atoms with Crippen molar-refractivity contribution in [1.82, 2.24) is 10.2 Å². The Morgan fingerprint density at radius 2 is 2.11 bits per heavy atom. The van der Waals surface area contributed by atoms with Crippen LogP contribution < -0.4 is 5.32 Å². The van der Waals surface area contributed by atoms with Gasteiger partial charge in [-0.3, -0.25) is 4.90 Å². The summed E-state index contributed by atoms with van der Waals surface area (Å²) in [6.07, 6.45) is 1.02. The second kappa shape index (κ2) is 5.55. The van der Waals surface area contributed by atoms with Gasteiger partial charge in [0.05, 0.1) is 0 Å². The summed E-state index contributed by atoms with van der Waals surface area (Å²) in [5, 5.41) is 3.50. The van der Waals surface area contributed by atoms with Crippen LogP contribution in [0.25, 0.3) is 0 Å². The van der Waals surface area contributed by atoms with Gasteiger partial charge in [-0.2, -0.15) is 0 Å². The highest BCUT2D eigenvalue weighted by atomic mass is 19.1. The molecular formula is C15H22F2N2. The summed E-state index contributed by atoms with van der Waals surface area (Å²) >= 11 is 0. The molecule has 1 N–H and O–H groups in total. The molecule has 1 saturated heterocycles. The summed E-state index contributed by atoms with van der Waals surface area (Å²) < 4.78 is 26.7.